The van der Waals surface area contributed by atoms with Crippen LogP contribution in [0.5, 0.6) is 0 Å². The highest BCUT2D eigenvalue weighted by Gasteiger charge is 2.27. The van der Waals surface area contributed by atoms with Crippen LogP contribution in [0.2, 0.25) is 0 Å². The number of fused-ring (bicyclic) bond motifs is 2. The van der Waals surface area contributed by atoms with Gasteiger partial charge in [0.05, 0.1) is 16.7 Å². The van der Waals surface area contributed by atoms with Gasteiger partial charge in [-0.1, -0.05) is 47.6 Å². The Morgan fingerprint density at radius 3 is 2.14 bits per heavy atom. The highest BCUT2D eigenvalue weighted by molar-refractivity contribution is 5.95. The Hall–Kier alpha value is -1.96. The third-order valence-electron chi connectivity index (χ3n) is 4.06. The third-order valence-corrected chi connectivity index (χ3v) is 4.06. The lowest BCUT2D eigenvalue weighted by molar-refractivity contribution is 0.517. The molecule has 114 valence electrons. The topological polar surface area (TPSA) is 25.8 Å². The maximum atomic E-state index is 5.02. The van der Waals surface area contributed by atoms with Crippen LogP contribution in [-0.2, 0) is 10.8 Å². The van der Waals surface area contributed by atoms with E-state index >= 15 is 0 Å². The van der Waals surface area contributed by atoms with Crippen molar-refractivity contribution in [3.05, 3.63) is 47.8 Å². The summed E-state index contributed by atoms with van der Waals surface area (Å²) in [6.45, 7) is 13.5. The molecule has 0 bridgehead atoms. The van der Waals surface area contributed by atoms with Crippen molar-refractivity contribution in [3.63, 3.8) is 0 Å². The average Bonchev–Trinajstić information content (AvgIpc) is 2.41. The van der Waals surface area contributed by atoms with Crippen molar-refractivity contribution in [1.82, 2.24) is 9.97 Å². The second kappa shape index (κ2) is 4.77. The molecular weight excluding hydrogens is 268 g/mol. The first-order valence-electron chi connectivity index (χ1n) is 7.87. The molecule has 2 heterocycles. The van der Waals surface area contributed by atoms with Gasteiger partial charge < -0.3 is 0 Å². The minimum absolute atomic E-state index is 0.0237. The van der Waals surface area contributed by atoms with Crippen LogP contribution < -0.4 is 0 Å². The van der Waals surface area contributed by atoms with E-state index in [0.717, 1.165) is 11.0 Å². The van der Waals surface area contributed by atoms with Gasteiger partial charge in [0, 0.05) is 22.4 Å². The number of hydrogen-bond acceptors (Lipinski definition) is 2. The fraction of sp³-hybridized carbons (Fsp3) is 0.400. The fourth-order valence-corrected chi connectivity index (χ4v) is 2.89. The van der Waals surface area contributed by atoms with E-state index in [-0.39, 0.29) is 10.8 Å². The second-order valence-electron chi connectivity index (χ2n) is 8.13. The van der Waals surface area contributed by atoms with E-state index < -0.39 is 0 Å². The fourth-order valence-electron chi connectivity index (χ4n) is 2.89. The quantitative estimate of drug-likeness (QED) is 0.520. The van der Waals surface area contributed by atoms with Crippen molar-refractivity contribution >= 4 is 21.8 Å². The average molecular weight is 292 g/mol. The van der Waals surface area contributed by atoms with E-state index in [1.54, 1.807) is 0 Å². The molecule has 1 aromatic carbocycles. The minimum atomic E-state index is 0.0237. The molecule has 0 atom stereocenters. The lowest BCUT2D eigenvalue weighted by Gasteiger charge is -2.29. The Morgan fingerprint density at radius 2 is 1.50 bits per heavy atom. The number of benzene rings is 1. The Balaban J connectivity index is 2.40. The third kappa shape index (κ3) is 2.58. The molecule has 3 rings (SSSR count). The summed E-state index contributed by atoms with van der Waals surface area (Å²) in [6, 6.07) is 10.7. The van der Waals surface area contributed by atoms with Crippen LogP contribution in [-0.4, -0.2) is 9.97 Å². The first-order chi connectivity index (χ1) is 10.2. The first kappa shape index (κ1) is 15.0. The van der Waals surface area contributed by atoms with Crippen molar-refractivity contribution in [2.45, 2.75) is 52.4 Å². The van der Waals surface area contributed by atoms with Crippen LogP contribution in [0.15, 0.2) is 36.5 Å². The lowest BCUT2D eigenvalue weighted by Crippen LogP contribution is -2.23. The lowest BCUT2D eigenvalue weighted by atomic mass is 9.78. The predicted molar refractivity (Wildman–Crippen MR) is 94.4 cm³/mol. The number of nitrogens with zero attached hydrogens (tertiary/aromatic N) is 2. The van der Waals surface area contributed by atoms with Gasteiger partial charge in [-0.15, -0.1) is 0 Å². The number of hydrogen-bond donors (Lipinski definition) is 0. The molecule has 0 N–H and O–H groups in total. The summed E-state index contributed by atoms with van der Waals surface area (Å²) < 4.78 is 0. The summed E-state index contributed by atoms with van der Waals surface area (Å²) in [7, 11) is 0. The largest absolute Gasteiger partial charge is 0.256 e. The van der Waals surface area contributed by atoms with Gasteiger partial charge in [-0.3, -0.25) is 9.97 Å². The minimum Gasteiger partial charge on any atom is -0.256 e. The first-order valence-corrected chi connectivity index (χ1v) is 7.87. The molecule has 0 aliphatic heterocycles. The summed E-state index contributed by atoms with van der Waals surface area (Å²) >= 11 is 0. The van der Waals surface area contributed by atoms with E-state index in [1.807, 2.05) is 12.3 Å². The molecule has 0 aliphatic carbocycles. The SMILES string of the molecule is CC(C)(C)c1cc2cc3cccnc3cc2nc1C(C)(C)C. The molecule has 0 fully saturated rings. The van der Waals surface area contributed by atoms with Crippen molar-refractivity contribution in [1.29, 1.82) is 0 Å². The molecule has 0 saturated heterocycles. The van der Waals surface area contributed by atoms with Crippen molar-refractivity contribution in [2.75, 3.05) is 0 Å². The van der Waals surface area contributed by atoms with Gasteiger partial charge in [0.1, 0.15) is 0 Å². The van der Waals surface area contributed by atoms with E-state index in [4.69, 9.17) is 4.98 Å². The van der Waals surface area contributed by atoms with Gasteiger partial charge in [-0.05, 0) is 35.2 Å². The van der Waals surface area contributed by atoms with Gasteiger partial charge >= 0.3 is 0 Å². The molecular formula is C20H24N2. The smallest absolute Gasteiger partial charge is 0.0727 e. The summed E-state index contributed by atoms with van der Waals surface area (Å²) in [5.74, 6) is 0. The van der Waals surface area contributed by atoms with Crippen LogP contribution in [0.1, 0.15) is 52.8 Å². The standard InChI is InChI=1S/C20H24N2/c1-19(2,3)15-11-14-10-13-8-7-9-21-16(13)12-17(14)22-18(15)20(4,5)6/h7-12H,1-6H3. The monoisotopic (exact) mass is 292 g/mol. The molecule has 3 aromatic rings. The van der Waals surface area contributed by atoms with Crippen LogP contribution in [0.25, 0.3) is 21.8 Å². The molecule has 22 heavy (non-hydrogen) atoms. The van der Waals surface area contributed by atoms with Crippen LogP contribution in [0, 0.1) is 0 Å². The molecule has 2 aromatic heterocycles. The number of rotatable bonds is 0. The van der Waals surface area contributed by atoms with Crippen LogP contribution in [0.4, 0.5) is 0 Å². The number of pyridine rings is 2. The van der Waals surface area contributed by atoms with Gasteiger partial charge in [0.2, 0.25) is 0 Å². The maximum Gasteiger partial charge on any atom is 0.0727 e. The van der Waals surface area contributed by atoms with Gasteiger partial charge in [0.25, 0.3) is 0 Å². The molecule has 0 unspecified atom stereocenters. The summed E-state index contributed by atoms with van der Waals surface area (Å²) in [4.78, 5) is 9.48. The van der Waals surface area contributed by atoms with Gasteiger partial charge in [-0.2, -0.15) is 0 Å². The van der Waals surface area contributed by atoms with Crippen molar-refractivity contribution < 1.29 is 0 Å². The zero-order valence-corrected chi connectivity index (χ0v) is 14.4. The summed E-state index contributed by atoms with van der Waals surface area (Å²) in [6.07, 6.45) is 1.84. The van der Waals surface area contributed by atoms with E-state index in [1.165, 1.54) is 22.0 Å². The molecule has 0 saturated carbocycles. The molecule has 2 heteroatoms. The van der Waals surface area contributed by atoms with Crippen LogP contribution in [0.3, 0.4) is 0 Å². The second-order valence-corrected chi connectivity index (χ2v) is 8.13. The zero-order valence-electron chi connectivity index (χ0n) is 14.4. The summed E-state index contributed by atoms with van der Waals surface area (Å²) in [5, 5.41) is 2.36. The van der Waals surface area contributed by atoms with E-state index in [0.29, 0.717) is 0 Å². The Labute approximate surface area is 132 Å². The Bertz CT molecular complexity index is 777. The molecule has 0 aliphatic rings. The van der Waals surface area contributed by atoms with Gasteiger partial charge in [0.15, 0.2) is 0 Å². The molecule has 0 amide bonds. The van der Waals surface area contributed by atoms with Crippen molar-refractivity contribution in [2.24, 2.45) is 0 Å². The molecule has 0 radical (unpaired) electrons. The maximum absolute atomic E-state index is 5.02. The normalized spacial score (nSPS) is 13.0. The van der Waals surface area contributed by atoms with Gasteiger partial charge in [-0.25, -0.2) is 0 Å². The number of aromatic nitrogens is 2. The highest BCUT2D eigenvalue weighted by Crippen LogP contribution is 2.35. The highest BCUT2D eigenvalue weighted by atomic mass is 14.7. The van der Waals surface area contributed by atoms with E-state index in [2.05, 4.69) is 70.8 Å². The zero-order chi connectivity index (χ0) is 16.1. The molecule has 0 spiro atoms. The summed E-state index contributed by atoms with van der Waals surface area (Å²) in [5.41, 5.74) is 4.65. The van der Waals surface area contributed by atoms with Crippen LogP contribution >= 0.6 is 0 Å². The Kier molecular flexibility index (Phi) is 3.24. The van der Waals surface area contributed by atoms with Crippen molar-refractivity contribution in [3.8, 4) is 0 Å². The van der Waals surface area contributed by atoms with E-state index in [9.17, 15) is 0 Å². The Morgan fingerprint density at radius 1 is 0.773 bits per heavy atom. The molecule has 2 nitrogen and oxygen atoms in total. The predicted octanol–water partition coefficient (Wildman–Crippen LogP) is 5.38.